The molecule has 146 valence electrons. The molecule has 0 aliphatic rings. The molecule has 0 unspecified atom stereocenters. The van der Waals surface area contributed by atoms with Crippen LogP contribution >= 0.6 is 0 Å². The predicted molar refractivity (Wildman–Crippen MR) is 101 cm³/mol. The minimum Gasteiger partial charge on any atom is -0.347 e. The number of aryl methyl sites for hydroxylation is 2. The normalized spacial score (nSPS) is 11.9. The van der Waals surface area contributed by atoms with Crippen LogP contribution in [-0.4, -0.2) is 21.3 Å². The number of rotatable bonds is 4. The maximum Gasteiger partial charge on any atom is 0.416 e. The van der Waals surface area contributed by atoms with Crippen LogP contribution in [0, 0.1) is 13.8 Å². The second-order valence-electron chi connectivity index (χ2n) is 6.41. The molecule has 8 heteroatoms. The molecule has 0 aliphatic carbocycles. The first kappa shape index (κ1) is 19.5. The van der Waals surface area contributed by atoms with Crippen LogP contribution in [0.3, 0.4) is 0 Å². The molecule has 1 N–H and O–H groups in total. The van der Waals surface area contributed by atoms with Crippen molar-refractivity contribution in [3.63, 3.8) is 0 Å². The first-order valence-corrected chi connectivity index (χ1v) is 8.50. The van der Waals surface area contributed by atoms with E-state index in [0.29, 0.717) is 22.6 Å². The number of hydrogen-bond donors (Lipinski definition) is 1. The standard InChI is InChI=1S/C20H19F3N4O/c1-13-10-15(12-24-25-19(28)18-8-5-9-26(18)3)14(2)27(13)17-7-4-6-16(11-17)20(21,22)23/h4-12H,1-3H3,(H,25,28)/b24-12+. The van der Waals surface area contributed by atoms with E-state index in [0.717, 1.165) is 17.8 Å². The lowest BCUT2D eigenvalue weighted by atomic mass is 10.2. The molecule has 28 heavy (non-hydrogen) atoms. The van der Waals surface area contributed by atoms with Crippen molar-refractivity contribution in [1.82, 2.24) is 14.6 Å². The van der Waals surface area contributed by atoms with Crippen molar-refractivity contribution >= 4 is 12.1 Å². The molecule has 0 radical (unpaired) electrons. The Balaban J connectivity index is 1.84. The fourth-order valence-electron chi connectivity index (χ4n) is 3.05. The SMILES string of the molecule is Cc1cc(/C=N/NC(=O)c2cccn2C)c(C)n1-c1cccc(C(F)(F)F)c1. The van der Waals surface area contributed by atoms with Gasteiger partial charge < -0.3 is 9.13 Å². The van der Waals surface area contributed by atoms with Crippen molar-refractivity contribution in [3.8, 4) is 5.69 Å². The van der Waals surface area contributed by atoms with E-state index in [1.165, 1.54) is 12.3 Å². The van der Waals surface area contributed by atoms with Gasteiger partial charge in [0.05, 0.1) is 11.8 Å². The summed E-state index contributed by atoms with van der Waals surface area (Å²) in [6.45, 7) is 3.58. The Bertz CT molecular complexity index is 1040. The summed E-state index contributed by atoms with van der Waals surface area (Å²) in [6.07, 6.45) is -1.18. The van der Waals surface area contributed by atoms with Crippen LogP contribution < -0.4 is 5.43 Å². The largest absolute Gasteiger partial charge is 0.416 e. The molecule has 0 spiro atoms. The van der Waals surface area contributed by atoms with Crippen LogP contribution in [0.1, 0.15) is 33.0 Å². The van der Waals surface area contributed by atoms with E-state index in [-0.39, 0.29) is 5.91 Å². The van der Waals surface area contributed by atoms with Gasteiger partial charge in [-0.3, -0.25) is 4.79 Å². The highest BCUT2D eigenvalue weighted by Crippen LogP contribution is 2.31. The summed E-state index contributed by atoms with van der Waals surface area (Å²) in [4.78, 5) is 12.1. The molecule has 0 bridgehead atoms. The van der Waals surface area contributed by atoms with Crippen LogP contribution in [0.2, 0.25) is 0 Å². The Kier molecular flexibility index (Phi) is 5.13. The predicted octanol–water partition coefficient (Wildman–Crippen LogP) is 4.22. The molecule has 0 aliphatic heterocycles. The minimum atomic E-state index is -4.41. The maximum absolute atomic E-state index is 13.0. The Labute approximate surface area is 160 Å². The molecule has 0 saturated heterocycles. The molecule has 0 atom stereocenters. The van der Waals surface area contributed by atoms with E-state index in [9.17, 15) is 18.0 Å². The van der Waals surface area contributed by atoms with Crippen molar-refractivity contribution < 1.29 is 18.0 Å². The lowest BCUT2D eigenvalue weighted by Crippen LogP contribution is -2.20. The van der Waals surface area contributed by atoms with Crippen LogP contribution in [0.4, 0.5) is 13.2 Å². The van der Waals surface area contributed by atoms with Gasteiger partial charge in [0.15, 0.2) is 0 Å². The summed E-state index contributed by atoms with van der Waals surface area (Å²) in [6, 6.07) is 10.4. The Morgan fingerprint density at radius 1 is 1.14 bits per heavy atom. The average Bonchev–Trinajstić information content (AvgIpc) is 3.17. The van der Waals surface area contributed by atoms with Gasteiger partial charge in [-0.1, -0.05) is 6.07 Å². The van der Waals surface area contributed by atoms with Crippen molar-refractivity contribution in [3.05, 3.63) is 76.9 Å². The van der Waals surface area contributed by atoms with E-state index in [4.69, 9.17) is 0 Å². The molecular weight excluding hydrogens is 369 g/mol. The zero-order valence-electron chi connectivity index (χ0n) is 15.6. The summed E-state index contributed by atoms with van der Waals surface area (Å²) in [5.41, 5.74) is 4.79. The molecule has 0 saturated carbocycles. The van der Waals surface area contributed by atoms with Gasteiger partial charge >= 0.3 is 6.18 Å². The Morgan fingerprint density at radius 3 is 2.54 bits per heavy atom. The summed E-state index contributed by atoms with van der Waals surface area (Å²) in [5.74, 6) is -0.351. The van der Waals surface area contributed by atoms with Crippen LogP contribution in [0.15, 0.2) is 53.8 Å². The quantitative estimate of drug-likeness (QED) is 0.528. The zero-order valence-corrected chi connectivity index (χ0v) is 15.6. The molecular formula is C20H19F3N4O. The van der Waals surface area contributed by atoms with Gasteiger partial charge in [-0.15, -0.1) is 0 Å². The summed E-state index contributed by atoms with van der Waals surface area (Å²) in [7, 11) is 1.75. The first-order chi connectivity index (χ1) is 13.2. The highest BCUT2D eigenvalue weighted by Gasteiger charge is 2.30. The number of nitrogens with zero attached hydrogens (tertiary/aromatic N) is 3. The summed E-state index contributed by atoms with van der Waals surface area (Å²) < 4.78 is 42.4. The van der Waals surface area contributed by atoms with E-state index in [2.05, 4.69) is 10.5 Å². The highest BCUT2D eigenvalue weighted by molar-refractivity contribution is 5.93. The molecule has 1 aromatic carbocycles. The van der Waals surface area contributed by atoms with E-state index >= 15 is 0 Å². The van der Waals surface area contributed by atoms with E-state index in [1.807, 2.05) is 0 Å². The van der Waals surface area contributed by atoms with Crippen molar-refractivity contribution in [1.29, 1.82) is 0 Å². The number of halogens is 3. The fourth-order valence-corrected chi connectivity index (χ4v) is 3.05. The Hall–Kier alpha value is -3.29. The number of hydrogen-bond acceptors (Lipinski definition) is 2. The van der Waals surface area contributed by atoms with E-state index < -0.39 is 11.7 Å². The number of carbonyl (C=O) groups is 1. The topological polar surface area (TPSA) is 51.3 Å². The first-order valence-electron chi connectivity index (χ1n) is 8.50. The molecule has 5 nitrogen and oxygen atoms in total. The molecule has 2 aromatic heterocycles. The fraction of sp³-hybridized carbons (Fsp3) is 0.200. The third kappa shape index (κ3) is 3.85. The van der Waals surface area contributed by atoms with Gasteiger partial charge in [-0.05, 0) is 50.2 Å². The molecule has 1 amide bonds. The van der Waals surface area contributed by atoms with Gasteiger partial charge in [0.2, 0.25) is 0 Å². The smallest absolute Gasteiger partial charge is 0.347 e. The van der Waals surface area contributed by atoms with Gasteiger partial charge in [0.1, 0.15) is 5.69 Å². The second-order valence-corrected chi connectivity index (χ2v) is 6.41. The Morgan fingerprint density at radius 2 is 1.89 bits per heavy atom. The molecule has 0 fully saturated rings. The monoisotopic (exact) mass is 388 g/mol. The number of hydrazone groups is 1. The van der Waals surface area contributed by atoms with Gasteiger partial charge in [-0.25, -0.2) is 5.43 Å². The number of benzene rings is 1. The van der Waals surface area contributed by atoms with Crippen LogP contribution in [0.5, 0.6) is 0 Å². The molecule has 3 rings (SSSR count). The molecule has 2 heterocycles. The molecule has 3 aromatic rings. The third-order valence-corrected chi connectivity index (χ3v) is 4.45. The second kappa shape index (κ2) is 7.38. The number of carbonyl (C=O) groups excluding carboxylic acids is 1. The average molecular weight is 388 g/mol. The van der Waals surface area contributed by atoms with Crippen molar-refractivity contribution in [2.24, 2.45) is 12.1 Å². The minimum absolute atomic E-state index is 0.351. The summed E-state index contributed by atoms with van der Waals surface area (Å²) in [5, 5.41) is 3.97. The zero-order chi connectivity index (χ0) is 20.5. The highest BCUT2D eigenvalue weighted by atomic mass is 19.4. The summed E-state index contributed by atoms with van der Waals surface area (Å²) >= 11 is 0. The number of alkyl halides is 3. The van der Waals surface area contributed by atoms with Crippen molar-refractivity contribution in [2.75, 3.05) is 0 Å². The van der Waals surface area contributed by atoms with Crippen molar-refractivity contribution in [2.45, 2.75) is 20.0 Å². The lowest BCUT2D eigenvalue weighted by molar-refractivity contribution is -0.137. The van der Waals surface area contributed by atoms with Crippen LogP contribution in [0.25, 0.3) is 5.69 Å². The maximum atomic E-state index is 13.0. The number of amides is 1. The number of nitrogens with one attached hydrogen (secondary N) is 1. The lowest BCUT2D eigenvalue weighted by Gasteiger charge is -2.13. The van der Waals surface area contributed by atoms with Gasteiger partial charge in [0, 0.05) is 35.9 Å². The van der Waals surface area contributed by atoms with Crippen LogP contribution in [-0.2, 0) is 13.2 Å². The van der Waals surface area contributed by atoms with Gasteiger partial charge in [-0.2, -0.15) is 18.3 Å². The van der Waals surface area contributed by atoms with Gasteiger partial charge in [0.25, 0.3) is 5.91 Å². The van der Waals surface area contributed by atoms with E-state index in [1.54, 1.807) is 60.5 Å². The third-order valence-electron chi connectivity index (χ3n) is 4.45. The number of aromatic nitrogens is 2.